The van der Waals surface area contributed by atoms with Crippen molar-refractivity contribution in [2.24, 2.45) is 0 Å². The third kappa shape index (κ3) is 3.85. The van der Waals surface area contributed by atoms with Crippen LogP contribution >= 0.6 is 0 Å². The van der Waals surface area contributed by atoms with E-state index < -0.39 is 5.82 Å². The average molecular weight is 329 g/mol. The second-order valence-electron chi connectivity index (χ2n) is 5.85. The van der Waals surface area contributed by atoms with Crippen LogP contribution in [0, 0.1) is 5.82 Å². The van der Waals surface area contributed by atoms with E-state index in [1.165, 1.54) is 31.0 Å². The van der Waals surface area contributed by atoms with E-state index in [9.17, 15) is 9.18 Å². The van der Waals surface area contributed by atoms with Crippen LogP contribution < -0.4 is 14.8 Å². The number of methoxy groups -OCH3 is 1. The van der Waals surface area contributed by atoms with E-state index in [0.29, 0.717) is 17.2 Å². The van der Waals surface area contributed by atoms with E-state index in [0.717, 1.165) is 12.8 Å². The zero-order valence-corrected chi connectivity index (χ0v) is 13.5. The number of anilines is 1. The molecular weight excluding hydrogens is 309 g/mol. The van der Waals surface area contributed by atoms with E-state index in [1.54, 1.807) is 31.4 Å². The first-order valence-corrected chi connectivity index (χ1v) is 8.07. The standard InChI is InChI=1S/C19H20FNO3/c1-23-17-10-9-15(12-18(17)24-16-7-2-3-8-16)21-19(22)13-5-4-6-14(20)11-13/h4-6,9-12,16H,2-3,7-8H2,1H3,(H,21,22). The highest BCUT2D eigenvalue weighted by molar-refractivity contribution is 6.04. The highest BCUT2D eigenvalue weighted by Crippen LogP contribution is 2.34. The van der Waals surface area contributed by atoms with Crippen molar-refractivity contribution >= 4 is 11.6 Å². The highest BCUT2D eigenvalue weighted by atomic mass is 19.1. The van der Waals surface area contributed by atoms with Gasteiger partial charge >= 0.3 is 0 Å². The van der Waals surface area contributed by atoms with Crippen molar-refractivity contribution in [1.82, 2.24) is 0 Å². The topological polar surface area (TPSA) is 47.6 Å². The lowest BCUT2D eigenvalue weighted by atomic mass is 10.2. The van der Waals surface area contributed by atoms with Gasteiger partial charge in [0, 0.05) is 17.3 Å². The Morgan fingerprint density at radius 2 is 1.92 bits per heavy atom. The summed E-state index contributed by atoms with van der Waals surface area (Å²) in [6.07, 6.45) is 4.59. The lowest BCUT2D eigenvalue weighted by Gasteiger charge is -2.17. The first-order valence-electron chi connectivity index (χ1n) is 8.07. The molecule has 0 saturated heterocycles. The second-order valence-corrected chi connectivity index (χ2v) is 5.85. The van der Waals surface area contributed by atoms with Gasteiger partial charge in [0.05, 0.1) is 13.2 Å². The van der Waals surface area contributed by atoms with Gasteiger partial charge in [0.1, 0.15) is 5.82 Å². The fourth-order valence-electron chi connectivity index (χ4n) is 2.87. The molecule has 0 spiro atoms. The Balaban J connectivity index is 1.76. The smallest absolute Gasteiger partial charge is 0.255 e. The molecule has 1 saturated carbocycles. The predicted molar refractivity (Wildman–Crippen MR) is 90.2 cm³/mol. The minimum absolute atomic E-state index is 0.188. The zero-order chi connectivity index (χ0) is 16.9. The van der Waals surface area contributed by atoms with Crippen LogP contribution in [0.2, 0.25) is 0 Å². The summed E-state index contributed by atoms with van der Waals surface area (Å²) in [4.78, 5) is 12.2. The Bertz CT molecular complexity index is 726. The first-order chi connectivity index (χ1) is 11.7. The number of carbonyl (C=O) groups is 1. The van der Waals surface area contributed by atoms with Crippen LogP contribution in [0.1, 0.15) is 36.0 Å². The van der Waals surface area contributed by atoms with Crippen LogP contribution in [0.3, 0.4) is 0 Å². The van der Waals surface area contributed by atoms with Gasteiger partial charge in [-0.1, -0.05) is 6.07 Å². The lowest BCUT2D eigenvalue weighted by Crippen LogP contribution is -2.14. The fourth-order valence-corrected chi connectivity index (χ4v) is 2.87. The summed E-state index contributed by atoms with van der Waals surface area (Å²) >= 11 is 0. The number of halogens is 1. The SMILES string of the molecule is COc1ccc(NC(=O)c2cccc(F)c2)cc1OC1CCCC1. The molecule has 1 aliphatic carbocycles. The second kappa shape index (κ2) is 7.34. The number of ether oxygens (including phenoxy) is 2. The molecule has 0 heterocycles. The molecule has 0 unspecified atom stereocenters. The van der Waals surface area contributed by atoms with Crippen molar-refractivity contribution in [3.05, 3.63) is 53.8 Å². The van der Waals surface area contributed by atoms with Crippen LogP contribution in [-0.4, -0.2) is 19.1 Å². The monoisotopic (exact) mass is 329 g/mol. The molecule has 1 aliphatic rings. The number of nitrogens with one attached hydrogen (secondary N) is 1. The van der Waals surface area contributed by atoms with Gasteiger partial charge in [-0.2, -0.15) is 0 Å². The molecule has 0 aliphatic heterocycles. The van der Waals surface area contributed by atoms with E-state index in [2.05, 4.69) is 5.32 Å². The molecule has 2 aromatic rings. The van der Waals surface area contributed by atoms with Gasteiger partial charge in [0.2, 0.25) is 0 Å². The molecule has 2 aromatic carbocycles. The van der Waals surface area contributed by atoms with Crippen molar-refractivity contribution in [1.29, 1.82) is 0 Å². The molecule has 126 valence electrons. The average Bonchev–Trinajstić information content (AvgIpc) is 3.08. The van der Waals surface area contributed by atoms with E-state index in [-0.39, 0.29) is 17.6 Å². The van der Waals surface area contributed by atoms with E-state index in [4.69, 9.17) is 9.47 Å². The maximum Gasteiger partial charge on any atom is 0.255 e. The third-order valence-corrected chi connectivity index (χ3v) is 4.10. The van der Waals surface area contributed by atoms with Gasteiger partial charge in [-0.05, 0) is 56.0 Å². The molecular formula is C19H20FNO3. The van der Waals surface area contributed by atoms with Gasteiger partial charge in [-0.3, -0.25) is 4.79 Å². The molecule has 1 fully saturated rings. The predicted octanol–water partition coefficient (Wildman–Crippen LogP) is 4.41. The lowest BCUT2D eigenvalue weighted by molar-refractivity contribution is 0.102. The Labute approximate surface area is 140 Å². The fraction of sp³-hybridized carbons (Fsp3) is 0.316. The number of carbonyl (C=O) groups excluding carboxylic acids is 1. The minimum Gasteiger partial charge on any atom is -0.493 e. The van der Waals surface area contributed by atoms with Crippen LogP contribution in [0.15, 0.2) is 42.5 Å². The Morgan fingerprint density at radius 3 is 2.62 bits per heavy atom. The van der Waals surface area contributed by atoms with Crippen molar-refractivity contribution in [3.8, 4) is 11.5 Å². The van der Waals surface area contributed by atoms with Crippen LogP contribution in [0.5, 0.6) is 11.5 Å². The zero-order valence-electron chi connectivity index (χ0n) is 13.5. The number of hydrogen-bond donors (Lipinski definition) is 1. The van der Waals surface area contributed by atoms with E-state index in [1.807, 2.05) is 0 Å². The largest absolute Gasteiger partial charge is 0.493 e. The molecule has 0 bridgehead atoms. The summed E-state index contributed by atoms with van der Waals surface area (Å²) in [6, 6.07) is 10.8. The summed E-state index contributed by atoms with van der Waals surface area (Å²) in [5.41, 5.74) is 0.849. The third-order valence-electron chi connectivity index (χ3n) is 4.10. The number of amides is 1. The molecule has 0 atom stereocenters. The molecule has 0 radical (unpaired) electrons. The molecule has 1 amide bonds. The molecule has 0 aromatic heterocycles. The van der Waals surface area contributed by atoms with Gasteiger partial charge in [-0.25, -0.2) is 4.39 Å². The normalized spacial score (nSPS) is 14.4. The maximum atomic E-state index is 13.2. The molecule has 24 heavy (non-hydrogen) atoms. The van der Waals surface area contributed by atoms with Gasteiger partial charge in [0.25, 0.3) is 5.91 Å². The minimum atomic E-state index is -0.442. The summed E-state index contributed by atoms with van der Waals surface area (Å²) in [7, 11) is 1.59. The van der Waals surface area contributed by atoms with Crippen LogP contribution in [0.25, 0.3) is 0 Å². The van der Waals surface area contributed by atoms with E-state index >= 15 is 0 Å². The Hall–Kier alpha value is -2.56. The first kappa shape index (κ1) is 16.3. The molecule has 3 rings (SSSR count). The van der Waals surface area contributed by atoms with Gasteiger partial charge < -0.3 is 14.8 Å². The summed E-state index contributed by atoms with van der Waals surface area (Å²) in [5.74, 6) is 0.432. The quantitative estimate of drug-likeness (QED) is 0.884. The Kier molecular flexibility index (Phi) is 4.99. The van der Waals surface area contributed by atoms with Crippen molar-refractivity contribution in [2.75, 3.05) is 12.4 Å². The van der Waals surface area contributed by atoms with Crippen LogP contribution in [-0.2, 0) is 0 Å². The molecule has 5 heteroatoms. The number of benzene rings is 2. The molecule has 1 N–H and O–H groups in total. The number of rotatable bonds is 5. The van der Waals surface area contributed by atoms with Crippen molar-refractivity contribution in [3.63, 3.8) is 0 Å². The Morgan fingerprint density at radius 1 is 1.12 bits per heavy atom. The molecule has 4 nitrogen and oxygen atoms in total. The number of hydrogen-bond acceptors (Lipinski definition) is 3. The summed E-state index contributed by atoms with van der Waals surface area (Å²) in [5, 5.41) is 2.76. The van der Waals surface area contributed by atoms with Crippen molar-refractivity contribution < 1.29 is 18.7 Å². The van der Waals surface area contributed by atoms with Crippen LogP contribution in [0.4, 0.5) is 10.1 Å². The highest BCUT2D eigenvalue weighted by Gasteiger charge is 2.19. The van der Waals surface area contributed by atoms with Crippen molar-refractivity contribution in [2.45, 2.75) is 31.8 Å². The summed E-state index contributed by atoms with van der Waals surface area (Å²) in [6.45, 7) is 0. The maximum absolute atomic E-state index is 13.2. The van der Waals surface area contributed by atoms with Gasteiger partial charge in [-0.15, -0.1) is 0 Å². The van der Waals surface area contributed by atoms with Gasteiger partial charge in [0.15, 0.2) is 11.5 Å². The summed E-state index contributed by atoms with van der Waals surface area (Å²) < 4.78 is 24.6.